The van der Waals surface area contributed by atoms with Gasteiger partial charge < -0.3 is 24.7 Å². The number of amides is 1. The molecule has 0 bridgehead atoms. The van der Waals surface area contributed by atoms with Crippen molar-refractivity contribution in [2.45, 2.75) is 57.1 Å². The molecule has 0 aromatic carbocycles. The van der Waals surface area contributed by atoms with Crippen molar-refractivity contribution < 1.29 is 23.7 Å². The highest BCUT2D eigenvalue weighted by Crippen LogP contribution is 2.29. The number of methoxy groups -OCH3 is 1. The molecule has 1 amide bonds. The number of nitrogens with two attached hydrogens (primary N) is 1. The fraction of sp³-hybridized carbons (Fsp3) is 0.393. The Balaban J connectivity index is 1.10. The van der Waals surface area contributed by atoms with Crippen LogP contribution in [0, 0.1) is 0 Å². The topological polar surface area (TPSA) is 109 Å². The van der Waals surface area contributed by atoms with Gasteiger partial charge in [-0.3, -0.25) is 4.98 Å². The van der Waals surface area contributed by atoms with Crippen LogP contribution in [0.3, 0.4) is 0 Å². The highest BCUT2D eigenvalue weighted by Gasteiger charge is 2.36. The molecule has 9 heteroatoms. The Bertz CT molecular complexity index is 1270. The van der Waals surface area contributed by atoms with E-state index in [-0.39, 0.29) is 12.1 Å². The first-order valence-electron chi connectivity index (χ1n) is 12.7. The molecule has 4 heterocycles. The molecule has 194 valence electrons. The lowest BCUT2D eigenvalue weighted by molar-refractivity contribution is 0.114. The number of pyridine rings is 2. The SMILES string of the molecule is COc1ccc2nccc(CCC(N)CCC3CN(C4=COC=C(CC5=CC=CCC5)O4)C(=O)O3)c2n1. The van der Waals surface area contributed by atoms with Gasteiger partial charge in [0.05, 0.1) is 24.7 Å². The number of hydrogen-bond donors (Lipinski definition) is 1. The van der Waals surface area contributed by atoms with E-state index in [0.29, 0.717) is 36.9 Å². The van der Waals surface area contributed by atoms with Crippen LogP contribution >= 0.6 is 0 Å². The molecular weight excluding hydrogens is 472 g/mol. The fourth-order valence-electron chi connectivity index (χ4n) is 4.68. The van der Waals surface area contributed by atoms with Crippen LogP contribution in [0.1, 0.15) is 44.1 Å². The zero-order chi connectivity index (χ0) is 25.6. The summed E-state index contributed by atoms with van der Waals surface area (Å²) in [4.78, 5) is 23.0. The highest BCUT2D eigenvalue weighted by atomic mass is 16.6. The normalized spacial score (nSPS) is 19.9. The van der Waals surface area contributed by atoms with Gasteiger partial charge in [0.15, 0.2) is 6.26 Å². The summed E-state index contributed by atoms with van der Waals surface area (Å²) in [5.74, 6) is 1.59. The van der Waals surface area contributed by atoms with Crippen LogP contribution < -0.4 is 10.5 Å². The molecule has 0 saturated carbocycles. The van der Waals surface area contributed by atoms with Gasteiger partial charge in [-0.1, -0.05) is 23.8 Å². The van der Waals surface area contributed by atoms with Crippen LogP contribution in [0.15, 0.2) is 72.4 Å². The molecule has 2 N–H and O–H groups in total. The second-order valence-electron chi connectivity index (χ2n) is 9.43. The van der Waals surface area contributed by atoms with Crippen LogP contribution in [-0.2, 0) is 20.6 Å². The molecule has 2 aromatic rings. The Labute approximate surface area is 216 Å². The van der Waals surface area contributed by atoms with Gasteiger partial charge in [0, 0.05) is 24.7 Å². The Morgan fingerprint density at radius 3 is 3.00 bits per heavy atom. The predicted molar refractivity (Wildman–Crippen MR) is 138 cm³/mol. The van der Waals surface area contributed by atoms with Crippen molar-refractivity contribution in [2.24, 2.45) is 5.73 Å². The number of fused-ring (bicyclic) bond motifs is 1. The maximum Gasteiger partial charge on any atom is 0.417 e. The third-order valence-electron chi connectivity index (χ3n) is 6.74. The molecule has 5 rings (SSSR count). The number of aromatic nitrogens is 2. The van der Waals surface area contributed by atoms with Gasteiger partial charge in [-0.05, 0) is 56.2 Å². The van der Waals surface area contributed by atoms with Gasteiger partial charge in [-0.2, -0.15) is 0 Å². The van der Waals surface area contributed by atoms with Crippen LogP contribution in [0.4, 0.5) is 4.79 Å². The molecule has 0 spiro atoms. The maximum atomic E-state index is 12.5. The summed E-state index contributed by atoms with van der Waals surface area (Å²) in [6.07, 6.45) is 16.0. The van der Waals surface area contributed by atoms with Crippen molar-refractivity contribution in [3.63, 3.8) is 0 Å². The molecule has 2 atom stereocenters. The average molecular weight is 505 g/mol. The minimum absolute atomic E-state index is 0.0394. The van der Waals surface area contributed by atoms with Crippen molar-refractivity contribution in [2.75, 3.05) is 13.7 Å². The number of allylic oxidation sites excluding steroid dienone is 4. The molecule has 2 unspecified atom stereocenters. The van der Waals surface area contributed by atoms with Crippen molar-refractivity contribution in [3.05, 3.63) is 77.9 Å². The van der Waals surface area contributed by atoms with Gasteiger partial charge in [0.2, 0.25) is 11.8 Å². The Morgan fingerprint density at radius 1 is 1.24 bits per heavy atom. The smallest absolute Gasteiger partial charge is 0.417 e. The first kappa shape index (κ1) is 24.8. The zero-order valence-corrected chi connectivity index (χ0v) is 21.0. The lowest BCUT2D eigenvalue weighted by Crippen LogP contribution is -2.28. The third-order valence-corrected chi connectivity index (χ3v) is 6.74. The van der Waals surface area contributed by atoms with Gasteiger partial charge in [-0.25, -0.2) is 14.7 Å². The van der Waals surface area contributed by atoms with E-state index in [4.69, 9.17) is 24.7 Å². The summed E-state index contributed by atoms with van der Waals surface area (Å²) in [6.45, 7) is 0.401. The Morgan fingerprint density at radius 2 is 2.16 bits per heavy atom. The van der Waals surface area contributed by atoms with E-state index in [2.05, 4.69) is 28.2 Å². The van der Waals surface area contributed by atoms with Gasteiger partial charge in [0.1, 0.15) is 18.1 Å². The van der Waals surface area contributed by atoms with Gasteiger partial charge in [0.25, 0.3) is 0 Å². The number of rotatable bonds is 10. The molecule has 1 saturated heterocycles. The molecule has 3 aliphatic rings. The van der Waals surface area contributed by atoms with E-state index in [9.17, 15) is 4.79 Å². The fourth-order valence-corrected chi connectivity index (χ4v) is 4.68. The monoisotopic (exact) mass is 504 g/mol. The van der Waals surface area contributed by atoms with Crippen molar-refractivity contribution in [1.29, 1.82) is 0 Å². The lowest BCUT2D eigenvalue weighted by Gasteiger charge is -2.22. The number of cyclic esters (lactones) is 1. The number of carbonyl (C=O) groups excluding carboxylic acids is 1. The standard InChI is InChI=1S/C28H32N4O5/c1-34-25-12-11-24-27(31-25)20(13-14-30-24)7-8-21(29)9-10-22-16-32(28(33)37-22)26-18-35-17-23(36-26)15-19-5-3-2-4-6-19/h2-3,5,11-14,17-18,21-22H,4,6-10,15-16,29H2,1H3. The third kappa shape index (κ3) is 6.11. The minimum atomic E-state index is -0.433. The quantitative estimate of drug-likeness (QED) is 0.489. The second kappa shape index (κ2) is 11.5. The van der Waals surface area contributed by atoms with E-state index in [1.807, 2.05) is 12.1 Å². The predicted octanol–water partition coefficient (Wildman–Crippen LogP) is 4.85. The highest BCUT2D eigenvalue weighted by molar-refractivity contribution is 5.78. The number of aryl methyl sites for hydroxylation is 1. The molecule has 37 heavy (non-hydrogen) atoms. The number of nitrogens with zero attached hydrogens (tertiary/aromatic N) is 3. The van der Waals surface area contributed by atoms with Crippen LogP contribution in [0.2, 0.25) is 0 Å². The van der Waals surface area contributed by atoms with Crippen LogP contribution in [0.5, 0.6) is 5.88 Å². The lowest BCUT2D eigenvalue weighted by atomic mass is 10.0. The van der Waals surface area contributed by atoms with E-state index in [1.54, 1.807) is 25.6 Å². The van der Waals surface area contributed by atoms with E-state index < -0.39 is 6.09 Å². The van der Waals surface area contributed by atoms with E-state index >= 15 is 0 Å². The molecule has 2 aromatic heterocycles. The molecule has 0 radical (unpaired) electrons. The first-order valence-corrected chi connectivity index (χ1v) is 12.7. The zero-order valence-electron chi connectivity index (χ0n) is 21.0. The summed E-state index contributed by atoms with van der Waals surface area (Å²) in [5, 5.41) is 0. The first-order chi connectivity index (χ1) is 18.1. The Kier molecular flexibility index (Phi) is 7.70. The number of hydrogen-bond acceptors (Lipinski definition) is 8. The average Bonchev–Trinajstić information content (AvgIpc) is 3.31. The van der Waals surface area contributed by atoms with Gasteiger partial charge >= 0.3 is 6.09 Å². The van der Waals surface area contributed by atoms with Crippen molar-refractivity contribution in [3.8, 4) is 5.88 Å². The van der Waals surface area contributed by atoms with E-state index in [1.165, 1.54) is 16.7 Å². The van der Waals surface area contributed by atoms with E-state index in [0.717, 1.165) is 48.7 Å². The van der Waals surface area contributed by atoms with Crippen LogP contribution in [-0.4, -0.2) is 46.8 Å². The Hall–Kier alpha value is -3.85. The molecule has 1 aliphatic carbocycles. The van der Waals surface area contributed by atoms with Crippen molar-refractivity contribution >= 4 is 17.1 Å². The summed E-state index contributed by atoms with van der Waals surface area (Å²) in [7, 11) is 1.60. The second-order valence-corrected chi connectivity index (χ2v) is 9.43. The summed E-state index contributed by atoms with van der Waals surface area (Å²) < 4.78 is 22.3. The van der Waals surface area contributed by atoms with Gasteiger partial charge in [-0.15, -0.1) is 0 Å². The summed E-state index contributed by atoms with van der Waals surface area (Å²) >= 11 is 0. The molecule has 2 aliphatic heterocycles. The molecule has 1 fully saturated rings. The number of ether oxygens (including phenoxy) is 4. The minimum Gasteiger partial charge on any atom is -0.481 e. The van der Waals surface area contributed by atoms with Crippen molar-refractivity contribution in [1.82, 2.24) is 14.9 Å². The molecule has 9 nitrogen and oxygen atoms in total. The summed E-state index contributed by atoms with van der Waals surface area (Å²) in [5.41, 5.74) is 10.5. The summed E-state index contributed by atoms with van der Waals surface area (Å²) in [6, 6.07) is 5.65. The maximum absolute atomic E-state index is 12.5. The number of carbonyl (C=O) groups is 1. The van der Waals surface area contributed by atoms with Crippen LogP contribution in [0.25, 0.3) is 11.0 Å². The largest absolute Gasteiger partial charge is 0.481 e. The molecular formula is C28H32N4O5.